The summed E-state index contributed by atoms with van der Waals surface area (Å²) in [6.45, 7) is 6.79. The fraction of sp³-hybridized carbons (Fsp3) is 0.444. The normalized spacial score (nSPS) is 24.7. The summed E-state index contributed by atoms with van der Waals surface area (Å²) in [5.41, 5.74) is 3.37. The van der Waals surface area contributed by atoms with E-state index < -0.39 is 0 Å². The largest absolute Gasteiger partial charge is 0.354 e. The van der Waals surface area contributed by atoms with Crippen molar-refractivity contribution >= 4 is 5.82 Å². The Morgan fingerprint density at radius 3 is 2.27 bits per heavy atom. The smallest absolute Gasteiger partial charge is 0.151 e. The van der Waals surface area contributed by atoms with Gasteiger partial charge >= 0.3 is 0 Å². The number of nitrogens with zero attached hydrogens (tertiary/aromatic N) is 4. The average molecular weight is 294 g/mol. The Morgan fingerprint density at radius 2 is 1.64 bits per heavy atom. The van der Waals surface area contributed by atoms with Crippen LogP contribution in [0, 0.1) is 18.8 Å². The Bertz CT molecular complexity index is 653. The quantitative estimate of drug-likeness (QED) is 0.851. The molecule has 114 valence electrons. The highest BCUT2D eigenvalue weighted by molar-refractivity contribution is 5.63. The van der Waals surface area contributed by atoms with Gasteiger partial charge in [0.25, 0.3) is 0 Å². The van der Waals surface area contributed by atoms with Gasteiger partial charge in [0.2, 0.25) is 0 Å². The fourth-order valence-corrected chi connectivity index (χ4v) is 3.91. The van der Waals surface area contributed by atoms with Gasteiger partial charge in [-0.05, 0) is 43.5 Å². The van der Waals surface area contributed by atoms with Crippen molar-refractivity contribution in [3.63, 3.8) is 0 Å². The lowest BCUT2D eigenvalue weighted by Gasteiger charge is -2.19. The zero-order valence-electron chi connectivity index (χ0n) is 13.2. The summed E-state index contributed by atoms with van der Waals surface area (Å²) in [5, 5.41) is 8.95. The van der Waals surface area contributed by atoms with Gasteiger partial charge in [-0.1, -0.05) is 24.3 Å². The third kappa shape index (κ3) is 2.37. The van der Waals surface area contributed by atoms with Crippen LogP contribution < -0.4 is 4.90 Å². The van der Waals surface area contributed by atoms with Crippen LogP contribution in [-0.2, 0) is 0 Å². The third-order valence-electron chi connectivity index (χ3n) is 5.06. The van der Waals surface area contributed by atoms with E-state index in [1.807, 2.05) is 0 Å². The summed E-state index contributed by atoms with van der Waals surface area (Å²) >= 11 is 0. The Balaban J connectivity index is 1.53. The summed E-state index contributed by atoms with van der Waals surface area (Å²) in [5.74, 6) is 2.61. The SMILES string of the molecule is Cc1ccccc1-c1ccc(N2C[C@H]3CN(C)C[C@H]3C2)nn1. The minimum atomic E-state index is 0.794. The Kier molecular flexibility index (Phi) is 3.34. The molecule has 1 aromatic carbocycles. The van der Waals surface area contributed by atoms with Gasteiger partial charge in [0.15, 0.2) is 5.82 Å². The van der Waals surface area contributed by atoms with Crippen LogP contribution in [0.5, 0.6) is 0 Å². The lowest BCUT2D eigenvalue weighted by molar-refractivity contribution is 0.387. The molecule has 4 rings (SSSR count). The topological polar surface area (TPSA) is 32.3 Å². The van der Waals surface area contributed by atoms with Crippen molar-refractivity contribution < 1.29 is 0 Å². The standard InChI is InChI=1S/C18H22N4/c1-13-5-3-4-6-16(13)17-7-8-18(20-19-17)22-11-14-9-21(2)10-15(14)12-22/h3-8,14-15H,9-12H2,1-2H3/t14-,15+. The molecular formula is C18H22N4. The van der Waals surface area contributed by atoms with Crippen LogP contribution in [0.1, 0.15) is 5.56 Å². The molecule has 0 aliphatic carbocycles. The molecular weight excluding hydrogens is 272 g/mol. The van der Waals surface area contributed by atoms with E-state index in [-0.39, 0.29) is 0 Å². The summed E-state index contributed by atoms with van der Waals surface area (Å²) in [4.78, 5) is 4.84. The first kappa shape index (κ1) is 13.7. The molecule has 1 aromatic heterocycles. The fourth-order valence-electron chi connectivity index (χ4n) is 3.91. The number of hydrogen-bond acceptors (Lipinski definition) is 4. The van der Waals surface area contributed by atoms with Gasteiger partial charge in [-0.15, -0.1) is 10.2 Å². The second kappa shape index (κ2) is 5.36. The molecule has 2 aromatic rings. The van der Waals surface area contributed by atoms with E-state index in [2.05, 4.69) is 70.4 Å². The van der Waals surface area contributed by atoms with Gasteiger partial charge in [-0.2, -0.15) is 0 Å². The van der Waals surface area contributed by atoms with Crippen molar-refractivity contribution in [2.24, 2.45) is 11.8 Å². The lowest BCUT2D eigenvalue weighted by Crippen LogP contribution is -2.27. The maximum Gasteiger partial charge on any atom is 0.151 e. The molecule has 2 saturated heterocycles. The zero-order valence-corrected chi connectivity index (χ0v) is 13.2. The molecule has 0 bridgehead atoms. The van der Waals surface area contributed by atoms with E-state index in [9.17, 15) is 0 Å². The van der Waals surface area contributed by atoms with Crippen LogP contribution in [0.3, 0.4) is 0 Å². The molecule has 0 saturated carbocycles. The van der Waals surface area contributed by atoms with Gasteiger partial charge < -0.3 is 9.80 Å². The van der Waals surface area contributed by atoms with Crippen LogP contribution in [0.2, 0.25) is 0 Å². The van der Waals surface area contributed by atoms with Gasteiger partial charge in [0.1, 0.15) is 0 Å². The van der Waals surface area contributed by atoms with Crippen LogP contribution in [0.15, 0.2) is 36.4 Å². The first-order chi connectivity index (χ1) is 10.7. The Morgan fingerprint density at radius 1 is 0.909 bits per heavy atom. The number of benzene rings is 1. The molecule has 2 fully saturated rings. The highest BCUT2D eigenvalue weighted by atomic mass is 15.3. The maximum atomic E-state index is 4.49. The first-order valence-electron chi connectivity index (χ1n) is 8.04. The van der Waals surface area contributed by atoms with E-state index in [0.717, 1.165) is 36.4 Å². The van der Waals surface area contributed by atoms with Gasteiger partial charge in [-0.3, -0.25) is 0 Å². The van der Waals surface area contributed by atoms with Crippen LogP contribution in [0.4, 0.5) is 5.82 Å². The highest BCUT2D eigenvalue weighted by Gasteiger charge is 2.39. The first-order valence-corrected chi connectivity index (χ1v) is 8.04. The number of fused-ring (bicyclic) bond motifs is 1. The minimum Gasteiger partial charge on any atom is -0.354 e. The number of likely N-dealkylation sites (tertiary alicyclic amines) is 1. The van der Waals surface area contributed by atoms with Crippen LogP contribution >= 0.6 is 0 Å². The molecule has 0 unspecified atom stereocenters. The molecule has 4 nitrogen and oxygen atoms in total. The molecule has 0 N–H and O–H groups in total. The van der Waals surface area contributed by atoms with Crippen molar-refractivity contribution in [1.29, 1.82) is 0 Å². The molecule has 22 heavy (non-hydrogen) atoms. The number of aromatic nitrogens is 2. The Labute approximate surface area is 131 Å². The second-order valence-electron chi connectivity index (χ2n) is 6.74. The van der Waals surface area contributed by atoms with Crippen molar-refractivity contribution in [1.82, 2.24) is 15.1 Å². The molecule has 0 radical (unpaired) electrons. The van der Waals surface area contributed by atoms with Crippen LogP contribution in [-0.4, -0.2) is 48.3 Å². The molecule has 0 amide bonds. The van der Waals surface area contributed by atoms with Crippen molar-refractivity contribution in [2.75, 3.05) is 38.1 Å². The van der Waals surface area contributed by atoms with E-state index in [1.165, 1.54) is 24.2 Å². The molecule has 2 aliphatic rings. The van der Waals surface area contributed by atoms with Gasteiger partial charge in [-0.25, -0.2) is 0 Å². The average Bonchev–Trinajstić information content (AvgIpc) is 3.05. The van der Waals surface area contributed by atoms with Crippen molar-refractivity contribution in [3.05, 3.63) is 42.0 Å². The molecule has 3 heterocycles. The molecule has 2 aliphatic heterocycles. The maximum absolute atomic E-state index is 4.49. The zero-order chi connectivity index (χ0) is 15.1. The predicted molar refractivity (Wildman–Crippen MR) is 88.9 cm³/mol. The number of rotatable bonds is 2. The predicted octanol–water partition coefficient (Wildman–Crippen LogP) is 2.45. The highest BCUT2D eigenvalue weighted by Crippen LogP contribution is 2.32. The molecule has 0 spiro atoms. The Hall–Kier alpha value is -1.94. The monoisotopic (exact) mass is 294 g/mol. The molecule has 4 heteroatoms. The number of hydrogen-bond donors (Lipinski definition) is 0. The second-order valence-corrected chi connectivity index (χ2v) is 6.74. The number of anilines is 1. The van der Waals surface area contributed by atoms with E-state index in [0.29, 0.717) is 0 Å². The lowest BCUT2D eigenvalue weighted by atomic mass is 10.0. The third-order valence-corrected chi connectivity index (χ3v) is 5.06. The number of aryl methyl sites for hydroxylation is 1. The van der Waals surface area contributed by atoms with Gasteiger partial charge in [0.05, 0.1) is 5.69 Å². The summed E-state index contributed by atoms with van der Waals surface area (Å²) in [7, 11) is 2.22. The van der Waals surface area contributed by atoms with E-state index in [1.54, 1.807) is 0 Å². The summed E-state index contributed by atoms with van der Waals surface area (Å²) in [6, 6.07) is 12.6. The van der Waals surface area contributed by atoms with Crippen molar-refractivity contribution in [2.45, 2.75) is 6.92 Å². The van der Waals surface area contributed by atoms with Crippen LogP contribution in [0.25, 0.3) is 11.3 Å². The van der Waals surface area contributed by atoms with E-state index >= 15 is 0 Å². The minimum absolute atomic E-state index is 0.794. The summed E-state index contributed by atoms with van der Waals surface area (Å²) in [6.07, 6.45) is 0. The molecule has 2 atom stereocenters. The van der Waals surface area contributed by atoms with Gasteiger partial charge in [0, 0.05) is 31.7 Å². The van der Waals surface area contributed by atoms with E-state index in [4.69, 9.17) is 0 Å². The van der Waals surface area contributed by atoms with Crippen molar-refractivity contribution in [3.8, 4) is 11.3 Å². The summed E-state index contributed by atoms with van der Waals surface area (Å²) < 4.78 is 0.